The molecule has 2 amide bonds. The molecule has 2 N–H and O–H groups in total. The maximum atomic E-state index is 11.9. The van der Waals surface area contributed by atoms with Crippen molar-refractivity contribution in [3.8, 4) is 11.5 Å². The lowest BCUT2D eigenvalue weighted by molar-refractivity contribution is -0.120. The largest absolute Gasteiger partial charge is 0.497 e. The summed E-state index contributed by atoms with van der Waals surface area (Å²) >= 11 is 5.83. The molecule has 26 heavy (non-hydrogen) atoms. The monoisotopic (exact) mass is 375 g/mol. The maximum Gasteiger partial charge on any atom is 0.259 e. The summed E-state index contributed by atoms with van der Waals surface area (Å²) in [5.41, 5.74) is 3.34. The molecule has 0 aliphatic rings. The third-order valence-corrected chi connectivity index (χ3v) is 3.56. The minimum Gasteiger partial charge on any atom is -0.497 e. The first kappa shape index (κ1) is 19.3. The number of carbonyl (C=O) groups is 2. The molecule has 0 aromatic heterocycles. The molecule has 0 radical (unpaired) electrons. The standard InChI is InChI=1S/C18H18ClN3O4/c1-25-15-6-7-16(26-2)13(9-15)10-21-22-17(23)11-20-18(24)12-4-3-5-14(19)8-12/h3-10H,11H2,1-2H3,(H,20,24)(H,22,23)/b21-10+. The zero-order valence-corrected chi connectivity index (χ0v) is 15.0. The highest BCUT2D eigenvalue weighted by molar-refractivity contribution is 6.30. The number of hydrazone groups is 1. The molecule has 0 aliphatic heterocycles. The number of benzene rings is 2. The van der Waals surface area contributed by atoms with Gasteiger partial charge in [0.05, 0.1) is 27.0 Å². The molecule has 2 aromatic carbocycles. The van der Waals surface area contributed by atoms with E-state index in [1.807, 2.05) is 0 Å². The topological polar surface area (TPSA) is 89.0 Å². The number of hydrogen-bond donors (Lipinski definition) is 2. The van der Waals surface area contributed by atoms with Crippen LogP contribution in [-0.2, 0) is 4.79 Å². The number of nitrogens with one attached hydrogen (secondary N) is 2. The number of nitrogens with zero attached hydrogens (tertiary/aromatic N) is 1. The van der Waals surface area contributed by atoms with Crippen LogP contribution >= 0.6 is 11.6 Å². The summed E-state index contributed by atoms with van der Waals surface area (Å²) in [7, 11) is 3.08. The van der Waals surface area contributed by atoms with Crippen molar-refractivity contribution in [3.05, 3.63) is 58.6 Å². The highest BCUT2D eigenvalue weighted by Gasteiger charge is 2.08. The molecule has 0 spiro atoms. The Morgan fingerprint density at radius 2 is 1.96 bits per heavy atom. The van der Waals surface area contributed by atoms with E-state index in [-0.39, 0.29) is 6.54 Å². The molecule has 0 fully saturated rings. The Kier molecular flexibility index (Phi) is 6.99. The number of amides is 2. The van der Waals surface area contributed by atoms with Crippen LogP contribution in [0.2, 0.25) is 5.02 Å². The van der Waals surface area contributed by atoms with E-state index in [1.54, 1.807) is 43.5 Å². The Balaban J connectivity index is 1.88. The maximum absolute atomic E-state index is 11.9. The SMILES string of the molecule is COc1ccc(OC)c(/C=N/NC(=O)CNC(=O)c2cccc(Cl)c2)c1. The van der Waals surface area contributed by atoms with Crippen molar-refractivity contribution in [3.63, 3.8) is 0 Å². The van der Waals surface area contributed by atoms with Gasteiger partial charge in [-0.05, 0) is 36.4 Å². The molecular weight excluding hydrogens is 358 g/mol. The number of rotatable bonds is 7. The van der Waals surface area contributed by atoms with Crippen LogP contribution in [0.15, 0.2) is 47.6 Å². The van der Waals surface area contributed by atoms with E-state index in [0.29, 0.717) is 27.6 Å². The van der Waals surface area contributed by atoms with E-state index in [9.17, 15) is 9.59 Å². The van der Waals surface area contributed by atoms with Crippen LogP contribution in [0.3, 0.4) is 0 Å². The molecule has 2 aromatic rings. The molecule has 0 aliphatic carbocycles. The zero-order chi connectivity index (χ0) is 18.9. The summed E-state index contributed by atoms with van der Waals surface area (Å²) in [6, 6.07) is 11.6. The highest BCUT2D eigenvalue weighted by Crippen LogP contribution is 2.22. The minimum absolute atomic E-state index is 0.224. The van der Waals surface area contributed by atoms with E-state index < -0.39 is 11.8 Å². The van der Waals surface area contributed by atoms with Crippen molar-refractivity contribution in [2.24, 2.45) is 5.10 Å². The predicted octanol–water partition coefficient (Wildman–Crippen LogP) is 2.24. The molecule has 0 saturated heterocycles. The Morgan fingerprint density at radius 3 is 2.65 bits per heavy atom. The van der Waals surface area contributed by atoms with Crippen molar-refractivity contribution >= 4 is 29.6 Å². The van der Waals surface area contributed by atoms with Crippen LogP contribution in [0.4, 0.5) is 0 Å². The van der Waals surface area contributed by atoms with Crippen LogP contribution in [0.5, 0.6) is 11.5 Å². The third-order valence-electron chi connectivity index (χ3n) is 3.33. The van der Waals surface area contributed by atoms with Crippen LogP contribution < -0.4 is 20.2 Å². The lowest BCUT2D eigenvalue weighted by Crippen LogP contribution is -2.34. The van der Waals surface area contributed by atoms with E-state index in [1.165, 1.54) is 19.4 Å². The van der Waals surface area contributed by atoms with Crippen molar-refractivity contribution in [1.29, 1.82) is 0 Å². The van der Waals surface area contributed by atoms with Crippen LogP contribution in [-0.4, -0.2) is 38.8 Å². The summed E-state index contributed by atoms with van der Waals surface area (Å²) in [4.78, 5) is 23.7. The first-order valence-electron chi connectivity index (χ1n) is 7.61. The van der Waals surface area contributed by atoms with Gasteiger partial charge in [0.2, 0.25) is 0 Å². The second-order valence-electron chi connectivity index (χ2n) is 5.09. The van der Waals surface area contributed by atoms with Crippen molar-refractivity contribution in [2.75, 3.05) is 20.8 Å². The molecular formula is C18H18ClN3O4. The van der Waals surface area contributed by atoms with E-state index in [0.717, 1.165) is 0 Å². The average molecular weight is 376 g/mol. The Hall–Kier alpha value is -3.06. The van der Waals surface area contributed by atoms with Gasteiger partial charge in [-0.15, -0.1) is 0 Å². The van der Waals surface area contributed by atoms with Gasteiger partial charge in [0, 0.05) is 16.1 Å². The Bertz CT molecular complexity index is 824. The van der Waals surface area contributed by atoms with E-state index in [2.05, 4.69) is 15.8 Å². The van der Waals surface area contributed by atoms with Gasteiger partial charge in [-0.3, -0.25) is 9.59 Å². The molecule has 0 unspecified atom stereocenters. The third kappa shape index (κ3) is 5.49. The van der Waals surface area contributed by atoms with Crippen molar-refractivity contribution < 1.29 is 19.1 Å². The molecule has 0 heterocycles. The normalized spacial score (nSPS) is 10.4. The molecule has 2 rings (SSSR count). The quantitative estimate of drug-likeness (QED) is 0.573. The second kappa shape index (κ2) is 9.43. The molecule has 0 bridgehead atoms. The number of hydrogen-bond acceptors (Lipinski definition) is 5. The van der Waals surface area contributed by atoms with Gasteiger partial charge in [-0.1, -0.05) is 17.7 Å². The van der Waals surface area contributed by atoms with Gasteiger partial charge in [-0.25, -0.2) is 5.43 Å². The van der Waals surface area contributed by atoms with Gasteiger partial charge in [0.1, 0.15) is 11.5 Å². The van der Waals surface area contributed by atoms with Gasteiger partial charge in [-0.2, -0.15) is 5.10 Å². The summed E-state index contributed by atoms with van der Waals surface area (Å²) in [6.07, 6.45) is 1.43. The summed E-state index contributed by atoms with van der Waals surface area (Å²) in [5.74, 6) is 0.338. The average Bonchev–Trinajstić information content (AvgIpc) is 2.66. The zero-order valence-electron chi connectivity index (χ0n) is 14.3. The first-order chi connectivity index (χ1) is 12.5. The van der Waals surface area contributed by atoms with Crippen LogP contribution in [0.25, 0.3) is 0 Å². The molecule has 0 atom stereocenters. The van der Waals surface area contributed by atoms with E-state index in [4.69, 9.17) is 21.1 Å². The van der Waals surface area contributed by atoms with Crippen molar-refractivity contribution in [1.82, 2.24) is 10.7 Å². The van der Waals surface area contributed by atoms with Gasteiger partial charge in [0.25, 0.3) is 11.8 Å². The summed E-state index contributed by atoms with van der Waals surface area (Å²) in [5, 5.41) is 6.79. The van der Waals surface area contributed by atoms with Crippen LogP contribution in [0.1, 0.15) is 15.9 Å². The van der Waals surface area contributed by atoms with Gasteiger partial charge in [0.15, 0.2) is 0 Å². The molecule has 7 nitrogen and oxygen atoms in total. The lowest BCUT2D eigenvalue weighted by Gasteiger charge is -2.07. The fourth-order valence-electron chi connectivity index (χ4n) is 2.05. The first-order valence-corrected chi connectivity index (χ1v) is 7.99. The molecule has 8 heteroatoms. The van der Waals surface area contributed by atoms with E-state index >= 15 is 0 Å². The Morgan fingerprint density at radius 1 is 1.15 bits per heavy atom. The summed E-state index contributed by atoms with van der Waals surface area (Å²) < 4.78 is 10.3. The van der Waals surface area contributed by atoms with Crippen molar-refractivity contribution in [2.45, 2.75) is 0 Å². The summed E-state index contributed by atoms with van der Waals surface area (Å²) in [6.45, 7) is -0.224. The number of ether oxygens (including phenoxy) is 2. The second-order valence-corrected chi connectivity index (χ2v) is 5.53. The number of methoxy groups -OCH3 is 2. The lowest BCUT2D eigenvalue weighted by atomic mass is 10.2. The smallest absolute Gasteiger partial charge is 0.259 e. The van der Waals surface area contributed by atoms with Gasteiger partial charge >= 0.3 is 0 Å². The van der Waals surface area contributed by atoms with Crippen LogP contribution in [0, 0.1) is 0 Å². The number of halogens is 1. The fraction of sp³-hybridized carbons (Fsp3) is 0.167. The molecule has 136 valence electrons. The number of carbonyl (C=O) groups excluding carboxylic acids is 2. The Labute approximate surface area is 155 Å². The minimum atomic E-state index is -0.474. The highest BCUT2D eigenvalue weighted by atomic mass is 35.5. The van der Waals surface area contributed by atoms with Gasteiger partial charge < -0.3 is 14.8 Å². The molecule has 0 saturated carbocycles. The predicted molar refractivity (Wildman–Crippen MR) is 99.1 cm³/mol. The fourth-order valence-corrected chi connectivity index (χ4v) is 2.24.